The first-order chi connectivity index (χ1) is 12.0. The average molecular weight is 339 g/mol. The molecule has 0 aliphatic rings. The van der Waals surface area contributed by atoms with Gasteiger partial charge in [0.25, 0.3) is 11.6 Å². The number of nitro groups is 1. The van der Waals surface area contributed by atoms with Crippen LogP contribution in [0.3, 0.4) is 0 Å². The Morgan fingerprint density at radius 3 is 2.52 bits per heavy atom. The number of nitrogens with two attached hydrogens (primary N) is 1. The van der Waals surface area contributed by atoms with Gasteiger partial charge in [-0.3, -0.25) is 19.7 Å². The van der Waals surface area contributed by atoms with Gasteiger partial charge in [0.05, 0.1) is 4.92 Å². The third-order valence-corrected chi connectivity index (χ3v) is 3.45. The van der Waals surface area contributed by atoms with Crippen LogP contribution in [0, 0.1) is 10.1 Å². The molecule has 0 saturated carbocycles. The summed E-state index contributed by atoms with van der Waals surface area (Å²) in [6, 6.07) is 13.8. The second-order valence-corrected chi connectivity index (χ2v) is 5.28. The third-order valence-electron chi connectivity index (χ3n) is 3.45. The van der Waals surface area contributed by atoms with Crippen LogP contribution in [-0.4, -0.2) is 22.8 Å². The van der Waals surface area contributed by atoms with Crippen LogP contribution in [0.5, 0.6) is 0 Å². The maximum atomic E-state index is 12.2. The quantitative estimate of drug-likeness (QED) is 0.594. The first-order valence-electron chi connectivity index (χ1n) is 7.53. The Kier molecular flexibility index (Phi) is 6.00. The third kappa shape index (κ3) is 5.28. The molecule has 25 heavy (non-hydrogen) atoms. The monoisotopic (exact) mass is 339 g/mol. The van der Waals surface area contributed by atoms with Crippen LogP contribution in [0.15, 0.2) is 60.7 Å². The summed E-state index contributed by atoms with van der Waals surface area (Å²) in [7, 11) is 0. The lowest BCUT2D eigenvalue weighted by atomic mass is 10.1. The van der Waals surface area contributed by atoms with E-state index in [1.54, 1.807) is 6.08 Å². The zero-order valence-corrected chi connectivity index (χ0v) is 13.3. The van der Waals surface area contributed by atoms with Crippen molar-refractivity contribution in [2.24, 2.45) is 5.73 Å². The normalized spacial score (nSPS) is 11.8. The van der Waals surface area contributed by atoms with E-state index in [2.05, 4.69) is 5.32 Å². The molecule has 2 aromatic carbocycles. The minimum atomic E-state index is -0.910. The molecule has 7 heteroatoms. The summed E-state index contributed by atoms with van der Waals surface area (Å²) < 4.78 is 0. The molecular formula is C18H17N3O4. The van der Waals surface area contributed by atoms with E-state index in [1.807, 2.05) is 36.4 Å². The highest BCUT2D eigenvalue weighted by atomic mass is 16.6. The van der Waals surface area contributed by atoms with Gasteiger partial charge in [0.15, 0.2) is 0 Å². The fourth-order valence-corrected chi connectivity index (χ4v) is 2.15. The SMILES string of the molecule is NC(=O)[C@@H](C/C=C/c1ccccc1)NC(=O)c1cccc([N+](=O)[O-])c1. The Bertz CT molecular complexity index is 803. The standard InChI is InChI=1S/C18H17N3O4/c19-17(22)16(11-4-8-13-6-2-1-3-7-13)20-18(23)14-9-5-10-15(12-14)21(24)25/h1-10,12,16H,11H2,(H2,19,22)(H,20,23)/b8-4+/t16-/m1/s1. The number of nitro benzene ring substituents is 1. The van der Waals surface area contributed by atoms with E-state index in [9.17, 15) is 19.7 Å². The van der Waals surface area contributed by atoms with Crippen LogP contribution in [0.2, 0.25) is 0 Å². The Morgan fingerprint density at radius 1 is 1.16 bits per heavy atom. The number of nitrogens with one attached hydrogen (secondary N) is 1. The number of primary amides is 1. The van der Waals surface area contributed by atoms with E-state index in [4.69, 9.17) is 5.73 Å². The summed E-state index contributed by atoms with van der Waals surface area (Å²) in [6.07, 6.45) is 3.76. The summed E-state index contributed by atoms with van der Waals surface area (Å²) >= 11 is 0. The number of non-ortho nitro benzene ring substituents is 1. The first kappa shape index (κ1) is 17.9. The Labute approximate surface area is 144 Å². The number of amides is 2. The average Bonchev–Trinajstić information content (AvgIpc) is 2.61. The van der Waals surface area contributed by atoms with Crippen molar-refractivity contribution in [3.05, 3.63) is 81.9 Å². The Balaban J connectivity index is 2.04. The number of hydrogen-bond acceptors (Lipinski definition) is 4. The number of rotatable bonds is 7. The van der Waals surface area contributed by atoms with Gasteiger partial charge in [-0.05, 0) is 18.1 Å². The number of benzene rings is 2. The summed E-state index contributed by atoms with van der Waals surface area (Å²) in [6.45, 7) is 0. The van der Waals surface area contributed by atoms with Crippen LogP contribution in [0.4, 0.5) is 5.69 Å². The molecule has 0 fully saturated rings. The number of carbonyl (C=O) groups excluding carboxylic acids is 2. The molecule has 7 nitrogen and oxygen atoms in total. The summed E-state index contributed by atoms with van der Waals surface area (Å²) in [4.78, 5) is 33.9. The van der Waals surface area contributed by atoms with Crippen molar-refractivity contribution in [2.45, 2.75) is 12.5 Å². The zero-order valence-electron chi connectivity index (χ0n) is 13.3. The molecule has 1 atom stereocenters. The molecule has 2 aromatic rings. The van der Waals surface area contributed by atoms with Crippen LogP contribution in [0.1, 0.15) is 22.3 Å². The molecule has 0 aromatic heterocycles. The highest BCUT2D eigenvalue weighted by Gasteiger charge is 2.19. The van der Waals surface area contributed by atoms with Gasteiger partial charge >= 0.3 is 0 Å². The predicted molar refractivity (Wildman–Crippen MR) is 93.6 cm³/mol. The first-order valence-corrected chi connectivity index (χ1v) is 7.53. The largest absolute Gasteiger partial charge is 0.368 e. The highest BCUT2D eigenvalue weighted by molar-refractivity contribution is 5.97. The fourth-order valence-electron chi connectivity index (χ4n) is 2.15. The molecule has 0 aliphatic heterocycles. The fraction of sp³-hybridized carbons (Fsp3) is 0.111. The zero-order chi connectivity index (χ0) is 18.2. The highest BCUT2D eigenvalue weighted by Crippen LogP contribution is 2.13. The number of hydrogen-bond donors (Lipinski definition) is 2. The molecule has 2 amide bonds. The summed E-state index contributed by atoms with van der Waals surface area (Å²) in [5.41, 5.74) is 6.17. The van der Waals surface area contributed by atoms with Gasteiger partial charge in [-0.25, -0.2) is 0 Å². The van der Waals surface area contributed by atoms with Crippen molar-refractivity contribution >= 4 is 23.6 Å². The van der Waals surface area contributed by atoms with E-state index in [-0.39, 0.29) is 17.7 Å². The predicted octanol–water partition coefficient (Wildman–Crippen LogP) is 2.28. The van der Waals surface area contributed by atoms with E-state index in [0.717, 1.165) is 11.6 Å². The van der Waals surface area contributed by atoms with Crippen molar-refractivity contribution in [1.29, 1.82) is 0 Å². The maximum Gasteiger partial charge on any atom is 0.270 e. The van der Waals surface area contributed by atoms with Crippen molar-refractivity contribution in [3.8, 4) is 0 Å². The van der Waals surface area contributed by atoms with E-state index in [0.29, 0.717) is 0 Å². The van der Waals surface area contributed by atoms with Crippen molar-refractivity contribution in [2.75, 3.05) is 0 Å². The van der Waals surface area contributed by atoms with Crippen LogP contribution < -0.4 is 11.1 Å². The molecule has 128 valence electrons. The molecule has 0 aliphatic carbocycles. The molecule has 0 spiro atoms. The number of carbonyl (C=O) groups is 2. The number of nitrogens with zero attached hydrogens (tertiary/aromatic N) is 1. The van der Waals surface area contributed by atoms with Gasteiger partial charge < -0.3 is 11.1 Å². The Hall–Kier alpha value is -3.48. The van der Waals surface area contributed by atoms with Gasteiger partial charge in [-0.1, -0.05) is 48.6 Å². The lowest BCUT2D eigenvalue weighted by Gasteiger charge is -2.13. The van der Waals surface area contributed by atoms with Gasteiger partial charge in [0, 0.05) is 17.7 Å². The molecule has 2 rings (SSSR count). The van der Waals surface area contributed by atoms with Crippen LogP contribution in [0.25, 0.3) is 6.08 Å². The van der Waals surface area contributed by atoms with E-state index in [1.165, 1.54) is 18.2 Å². The molecule has 0 heterocycles. The lowest BCUT2D eigenvalue weighted by molar-refractivity contribution is -0.384. The molecule has 3 N–H and O–H groups in total. The second kappa shape index (κ2) is 8.39. The Morgan fingerprint density at radius 2 is 1.88 bits per heavy atom. The van der Waals surface area contributed by atoms with Gasteiger partial charge in [0.1, 0.15) is 6.04 Å². The topological polar surface area (TPSA) is 115 Å². The maximum absolute atomic E-state index is 12.2. The molecule has 0 unspecified atom stereocenters. The summed E-state index contributed by atoms with van der Waals surface area (Å²) in [5.74, 6) is -1.28. The van der Waals surface area contributed by atoms with Crippen LogP contribution in [-0.2, 0) is 4.79 Å². The second-order valence-electron chi connectivity index (χ2n) is 5.28. The van der Waals surface area contributed by atoms with Crippen LogP contribution >= 0.6 is 0 Å². The molecule has 0 bridgehead atoms. The van der Waals surface area contributed by atoms with Crippen molar-refractivity contribution in [3.63, 3.8) is 0 Å². The smallest absolute Gasteiger partial charge is 0.270 e. The lowest BCUT2D eigenvalue weighted by Crippen LogP contribution is -2.44. The minimum absolute atomic E-state index is 0.0903. The minimum Gasteiger partial charge on any atom is -0.368 e. The molecule has 0 radical (unpaired) electrons. The molecule has 0 saturated heterocycles. The van der Waals surface area contributed by atoms with Gasteiger partial charge in [-0.2, -0.15) is 0 Å². The van der Waals surface area contributed by atoms with E-state index < -0.39 is 22.8 Å². The van der Waals surface area contributed by atoms with Crippen molar-refractivity contribution in [1.82, 2.24) is 5.32 Å². The summed E-state index contributed by atoms with van der Waals surface area (Å²) in [5, 5.41) is 13.3. The van der Waals surface area contributed by atoms with E-state index >= 15 is 0 Å². The van der Waals surface area contributed by atoms with Crippen molar-refractivity contribution < 1.29 is 14.5 Å². The van der Waals surface area contributed by atoms with Gasteiger partial charge in [0.2, 0.25) is 5.91 Å². The van der Waals surface area contributed by atoms with Gasteiger partial charge in [-0.15, -0.1) is 0 Å². The molecular weight excluding hydrogens is 322 g/mol.